The first-order chi connectivity index (χ1) is 12.7. The van der Waals surface area contributed by atoms with E-state index in [0.29, 0.717) is 26.1 Å². The van der Waals surface area contributed by atoms with Gasteiger partial charge in [0.1, 0.15) is 5.69 Å². The summed E-state index contributed by atoms with van der Waals surface area (Å²) in [4.78, 5) is 16.5. The van der Waals surface area contributed by atoms with Gasteiger partial charge in [-0.1, -0.05) is 42.4 Å². The highest BCUT2D eigenvalue weighted by Crippen LogP contribution is 2.34. The topological polar surface area (TPSA) is 58.8 Å². The van der Waals surface area contributed by atoms with E-state index in [2.05, 4.69) is 10.1 Å². The number of nitrogens with zero attached hydrogens (tertiary/aromatic N) is 3. The molecule has 3 rings (SSSR count). The second-order valence-corrected chi connectivity index (χ2v) is 6.54. The van der Waals surface area contributed by atoms with Gasteiger partial charge in [-0.2, -0.15) is 0 Å². The minimum absolute atomic E-state index is 0.106. The number of hydrogen-bond acceptors (Lipinski definition) is 5. The van der Waals surface area contributed by atoms with Crippen LogP contribution in [0.4, 0.5) is 5.88 Å². The molecule has 0 radical (unpaired) electrons. The van der Waals surface area contributed by atoms with Gasteiger partial charge >= 0.3 is 0 Å². The molecule has 1 amide bonds. The molecule has 0 unspecified atom stereocenters. The van der Waals surface area contributed by atoms with Crippen LogP contribution in [0.5, 0.6) is 0 Å². The lowest BCUT2D eigenvalue weighted by Crippen LogP contribution is -2.33. The fourth-order valence-electron chi connectivity index (χ4n) is 3.34. The Labute approximate surface area is 154 Å². The van der Waals surface area contributed by atoms with E-state index in [4.69, 9.17) is 9.26 Å². The zero-order valence-electron chi connectivity index (χ0n) is 15.6. The second kappa shape index (κ2) is 8.85. The van der Waals surface area contributed by atoms with E-state index in [9.17, 15) is 4.79 Å². The van der Waals surface area contributed by atoms with Crippen molar-refractivity contribution in [1.82, 2.24) is 10.1 Å². The summed E-state index contributed by atoms with van der Waals surface area (Å²) in [6.45, 7) is 5.37. The highest BCUT2D eigenvalue weighted by Gasteiger charge is 2.27. The standard InChI is InChI=1S/C20H27N3O3/c1-3-18(24)23(13-14-25-2)15-17-19(16-9-5-4-6-10-16)21-26-20(17)22-11-7-8-12-22/h4-6,9-10H,3,7-8,11-15H2,1-2H3. The van der Waals surface area contributed by atoms with Crippen LogP contribution in [0.3, 0.4) is 0 Å². The number of hydrogen-bond donors (Lipinski definition) is 0. The van der Waals surface area contributed by atoms with Crippen LogP contribution >= 0.6 is 0 Å². The number of rotatable bonds is 8. The van der Waals surface area contributed by atoms with E-state index >= 15 is 0 Å². The summed E-state index contributed by atoms with van der Waals surface area (Å²) in [6.07, 6.45) is 2.78. The predicted octanol–water partition coefficient (Wildman–Crippen LogP) is 3.33. The van der Waals surface area contributed by atoms with E-state index in [1.165, 1.54) is 0 Å². The lowest BCUT2D eigenvalue weighted by Gasteiger charge is -2.23. The smallest absolute Gasteiger partial charge is 0.232 e. The van der Waals surface area contributed by atoms with Gasteiger partial charge in [0.15, 0.2) is 0 Å². The Bertz CT molecular complexity index is 708. The Balaban J connectivity index is 1.95. The molecule has 0 bridgehead atoms. The van der Waals surface area contributed by atoms with E-state index < -0.39 is 0 Å². The highest BCUT2D eigenvalue weighted by atomic mass is 16.5. The largest absolute Gasteiger partial charge is 0.383 e. The minimum atomic E-state index is 0.106. The molecule has 26 heavy (non-hydrogen) atoms. The van der Waals surface area contributed by atoms with Gasteiger partial charge in [-0.25, -0.2) is 0 Å². The molecule has 6 heteroatoms. The highest BCUT2D eigenvalue weighted by molar-refractivity contribution is 5.77. The van der Waals surface area contributed by atoms with Crippen LogP contribution in [0.2, 0.25) is 0 Å². The molecule has 0 saturated carbocycles. The summed E-state index contributed by atoms with van der Waals surface area (Å²) in [5.41, 5.74) is 2.81. The molecular weight excluding hydrogens is 330 g/mol. The van der Waals surface area contributed by atoms with Crippen molar-refractivity contribution < 1.29 is 14.1 Å². The number of amides is 1. The summed E-state index contributed by atoms with van der Waals surface area (Å²) in [7, 11) is 1.65. The Hall–Kier alpha value is -2.34. The van der Waals surface area contributed by atoms with Gasteiger partial charge in [-0.3, -0.25) is 4.79 Å². The molecule has 0 aliphatic carbocycles. The molecule has 1 saturated heterocycles. The third-order valence-corrected chi connectivity index (χ3v) is 4.78. The molecule has 0 N–H and O–H groups in total. The summed E-state index contributed by atoms with van der Waals surface area (Å²) in [6, 6.07) is 10.0. The van der Waals surface area contributed by atoms with E-state index in [0.717, 1.165) is 48.6 Å². The quantitative estimate of drug-likeness (QED) is 0.725. The normalized spacial score (nSPS) is 14.0. The lowest BCUT2D eigenvalue weighted by atomic mass is 10.1. The molecule has 2 heterocycles. The van der Waals surface area contributed by atoms with Crippen molar-refractivity contribution in [2.24, 2.45) is 0 Å². The van der Waals surface area contributed by atoms with Crippen LogP contribution in [0.25, 0.3) is 11.3 Å². The molecule has 6 nitrogen and oxygen atoms in total. The fraction of sp³-hybridized carbons (Fsp3) is 0.500. The van der Waals surface area contributed by atoms with Crippen molar-refractivity contribution in [1.29, 1.82) is 0 Å². The Morgan fingerprint density at radius 3 is 2.65 bits per heavy atom. The van der Waals surface area contributed by atoms with Crippen molar-refractivity contribution in [2.75, 3.05) is 38.3 Å². The summed E-state index contributed by atoms with van der Waals surface area (Å²) < 4.78 is 10.9. The number of carbonyl (C=O) groups is 1. The molecule has 2 aromatic rings. The van der Waals surface area contributed by atoms with Crippen LogP contribution in [0.1, 0.15) is 31.7 Å². The minimum Gasteiger partial charge on any atom is -0.383 e. The van der Waals surface area contributed by atoms with Gasteiger partial charge in [-0.15, -0.1) is 0 Å². The third kappa shape index (κ3) is 4.07. The number of methoxy groups -OCH3 is 1. The third-order valence-electron chi connectivity index (χ3n) is 4.78. The molecule has 0 spiro atoms. The second-order valence-electron chi connectivity index (χ2n) is 6.54. The van der Waals surface area contributed by atoms with Gasteiger partial charge in [0.2, 0.25) is 11.8 Å². The maximum absolute atomic E-state index is 12.4. The van der Waals surface area contributed by atoms with Crippen molar-refractivity contribution in [3.63, 3.8) is 0 Å². The van der Waals surface area contributed by atoms with Crippen molar-refractivity contribution >= 4 is 11.8 Å². The lowest BCUT2D eigenvalue weighted by molar-refractivity contribution is -0.132. The Kier molecular flexibility index (Phi) is 6.28. The number of benzene rings is 1. The molecule has 1 fully saturated rings. The van der Waals surface area contributed by atoms with Crippen LogP contribution in [0, 0.1) is 0 Å². The van der Waals surface area contributed by atoms with Gasteiger partial charge in [-0.05, 0) is 12.8 Å². The van der Waals surface area contributed by atoms with Gasteiger partial charge in [0, 0.05) is 38.7 Å². The Morgan fingerprint density at radius 2 is 2.00 bits per heavy atom. The monoisotopic (exact) mass is 357 g/mol. The zero-order chi connectivity index (χ0) is 18.4. The number of anilines is 1. The van der Waals surface area contributed by atoms with Crippen LogP contribution < -0.4 is 4.90 Å². The molecule has 0 atom stereocenters. The summed E-state index contributed by atoms with van der Waals surface area (Å²) in [5, 5.41) is 4.36. The average Bonchev–Trinajstić information content (AvgIpc) is 3.34. The van der Waals surface area contributed by atoms with Crippen molar-refractivity contribution in [3.05, 3.63) is 35.9 Å². The maximum Gasteiger partial charge on any atom is 0.232 e. The van der Waals surface area contributed by atoms with Crippen LogP contribution in [0.15, 0.2) is 34.9 Å². The van der Waals surface area contributed by atoms with Gasteiger partial charge < -0.3 is 19.1 Å². The molecule has 1 aromatic carbocycles. The maximum atomic E-state index is 12.4. The number of ether oxygens (including phenoxy) is 1. The first-order valence-electron chi connectivity index (χ1n) is 9.30. The van der Waals surface area contributed by atoms with Crippen molar-refractivity contribution in [3.8, 4) is 11.3 Å². The molecule has 1 aromatic heterocycles. The molecule has 1 aliphatic heterocycles. The average molecular weight is 357 g/mol. The van der Waals surface area contributed by atoms with Crippen LogP contribution in [-0.2, 0) is 16.1 Å². The first-order valence-corrected chi connectivity index (χ1v) is 9.30. The van der Waals surface area contributed by atoms with E-state index in [-0.39, 0.29) is 5.91 Å². The van der Waals surface area contributed by atoms with Crippen molar-refractivity contribution in [2.45, 2.75) is 32.7 Å². The van der Waals surface area contributed by atoms with E-state index in [1.54, 1.807) is 7.11 Å². The Morgan fingerprint density at radius 1 is 1.27 bits per heavy atom. The summed E-state index contributed by atoms with van der Waals surface area (Å²) >= 11 is 0. The van der Waals surface area contributed by atoms with E-state index in [1.807, 2.05) is 42.2 Å². The summed E-state index contributed by atoms with van der Waals surface area (Å²) in [5.74, 6) is 0.905. The molecular formula is C20H27N3O3. The SMILES string of the molecule is CCC(=O)N(CCOC)Cc1c(-c2ccccc2)noc1N1CCCC1. The molecule has 1 aliphatic rings. The zero-order valence-corrected chi connectivity index (χ0v) is 15.6. The molecule has 140 valence electrons. The number of carbonyl (C=O) groups excluding carboxylic acids is 1. The fourth-order valence-corrected chi connectivity index (χ4v) is 3.34. The number of aromatic nitrogens is 1. The van der Waals surface area contributed by atoms with Gasteiger partial charge in [0.25, 0.3) is 0 Å². The first kappa shape index (κ1) is 18.5. The van der Waals surface area contributed by atoms with Gasteiger partial charge in [0.05, 0.1) is 18.7 Å². The predicted molar refractivity (Wildman–Crippen MR) is 101 cm³/mol. The van der Waals surface area contributed by atoms with Crippen LogP contribution in [-0.4, -0.2) is 49.3 Å².